The van der Waals surface area contributed by atoms with Crippen molar-refractivity contribution in [3.8, 4) is 12.1 Å². The van der Waals surface area contributed by atoms with Crippen LogP contribution in [0.4, 0.5) is 16.3 Å². The molecule has 12 heteroatoms. The van der Waals surface area contributed by atoms with Gasteiger partial charge in [0, 0.05) is 55.9 Å². The van der Waals surface area contributed by atoms with Gasteiger partial charge in [0.2, 0.25) is 0 Å². The fourth-order valence-corrected chi connectivity index (χ4v) is 5.88. The Balaban J connectivity index is 0.00000337. The van der Waals surface area contributed by atoms with Crippen molar-refractivity contribution in [1.82, 2.24) is 20.2 Å². The predicted octanol–water partition coefficient (Wildman–Crippen LogP) is 3.06. The van der Waals surface area contributed by atoms with Crippen molar-refractivity contribution >= 4 is 40.8 Å². The first kappa shape index (κ1) is 28.7. The number of amides is 1. The molecule has 3 aromatic rings. The number of anilines is 2. The van der Waals surface area contributed by atoms with Crippen LogP contribution in [-0.2, 0) is 17.7 Å². The monoisotopic (exact) mass is 579 g/mol. The van der Waals surface area contributed by atoms with Gasteiger partial charge in [-0.2, -0.15) is 15.2 Å². The molecule has 0 spiro atoms. The smallest absolute Gasteiger partial charge is 0.407 e. The molecule has 2 saturated heterocycles. The number of fused-ring (bicyclic) bond motifs is 2. The zero-order chi connectivity index (χ0) is 27.5. The van der Waals surface area contributed by atoms with Gasteiger partial charge in [-0.3, -0.25) is 0 Å². The molecule has 2 fully saturated rings. The molecule has 2 atom stereocenters. The molecule has 6 rings (SSSR count). The fraction of sp³-hybridized carbons (Fsp3) is 0.448. The molecule has 1 aromatic heterocycles. The molecule has 1 amide bonds. The van der Waals surface area contributed by atoms with E-state index in [2.05, 4.69) is 63.7 Å². The Bertz CT molecular complexity index is 1420. The summed E-state index contributed by atoms with van der Waals surface area (Å²) in [6, 6.07) is 16.8. The van der Waals surface area contributed by atoms with Crippen molar-refractivity contribution in [2.24, 2.45) is 0 Å². The summed E-state index contributed by atoms with van der Waals surface area (Å²) < 4.78 is 11.9. The number of hydrogen-bond donors (Lipinski definition) is 2. The maximum atomic E-state index is 11.8. The number of aromatic nitrogens is 2. The summed E-state index contributed by atoms with van der Waals surface area (Å²) in [6.07, 6.45) is -0.213. The highest BCUT2D eigenvalue weighted by Crippen LogP contribution is 2.34. The lowest BCUT2D eigenvalue weighted by molar-refractivity contribution is -0.00183. The number of morpholine rings is 1. The number of rotatable bonds is 6. The van der Waals surface area contributed by atoms with E-state index >= 15 is 0 Å². The van der Waals surface area contributed by atoms with Gasteiger partial charge in [0.1, 0.15) is 18.5 Å². The quantitative estimate of drug-likeness (QED) is 0.450. The molecule has 2 N–H and O–H groups in total. The summed E-state index contributed by atoms with van der Waals surface area (Å²) in [5.74, 6) is 0.772. The van der Waals surface area contributed by atoms with Crippen LogP contribution in [0.3, 0.4) is 0 Å². The van der Waals surface area contributed by atoms with E-state index in [0.29, 0.717) is 51.9 Å². The molecule has 4 heterocycles. The molecule has 0 bridgehead atoms. The van der Waals surface area contributed by atoms with Crippen LogP contribution in [-0.4, -0.2) is 90.7 Å². The third-order valence-electron chi connectivity index (χ3n) is 7.89. The number of carbonyl (C=O) groups is 1. The Morgan fingerprint density at radius 3 is 2.80 bits per heavy atom. The molecule has 0 saturated carbocycles. The normalized spacial score (nSPS) is 20.6. The number of benzene rings is 2. The van der Waals surface area contributed by atoms with E-state index < -0.39 is 12.1 Å². The van der Waals surface area contributed by atoms with Gasteiger partial charge in [-0.05, 0) is 17.9 Å². The first-order valence-electron chi connectivity index (χ1n) is 13.8. The van der Waals surface area contributed by atoms with Crippen LogP contribution >= 0.6 is 12.4 Å². The zero-order valence-corrected chi connectivity index (χ0v) is 23.6. The van der Waals surface area contributed by atoms with Crippen molar-refractivity contribution in [2.75, 3.05) is 62.3 Å². The highest BCUT2D eigenvalue weighted by molar-refractivity contribution is 5.94. The number of halogens is 1. The molecule has 0 radical (unpaired) electrons. The number of piperazine rings is 1. The Hall–Kier alpha value is -3.85. The number of nitrogens with one attached hydrogen (secondary N) is 1. The van der Waals surface area contributed by atoms with E-state index in [1.165, 1.54) is 15.7 Å². The molecule has 41 heavy (non-hydrogen) atoms. The van der Waals surface area contributed by atoms with Crippen molar-refractivity contribution in [3.63, 3.8) is 0 Å². The standard InChI is InChI=1S/C29H33N7O4.ClH/c30-10-8-21-17-35(13-14-36(21)29(37)38)27-24-9-12-34(26-7-3-5-20-4-1-2-6-23(20)26)18-25(24)32-28(33-27)40-19-22-16-31-11-15-39-22;/h1-7,21-22,31H,8-9,11-19H2,(H,37,38);1H. The Morgan fingerprint density at radius 1 is 1.15 bits per heavy atom. The number of carboxylic acid groups (broad SMARTS) is 1. The third kappa shape index (κ3) is 6.10. The lowest BCUT2D eigenvalue weighted by Crippen LogP contribution is -2.55. The molecule has 216 valence electrons. The SMILES string of the molecule is Cl.N#CCC1CN(c2nc(OCC3CNCCO3)nc3c2CCN(c2cccc4ccccc24)C3)CCN1C(=O)O. The predicted molar refractivity (Wildman–Crippen MR) is 157 cm³/mol. The molecule has 3 aliphatic heterocycles. The minimum atomic E-state index is -1.000. The van der Waals surface area contributed by atoms with Gasteiger partial charge in [0.25, 0.3) is 0 Å². The van der Waals surface area contributed by atoms with Gasteiger partial charge in [-0.15, -0.1) is 12.4 Å². The summed E-state index contributed by atoms with van der Waals surface area (Å²) in [5.41, 5.74) is 3.12. The molecule has 0 aliphatic carbocycles. The van der Waals surface area contributed by atoms with Crippen molar-refractivity contribution < 1.29 is 19.4 Å². The Labute approximate surface area is 245 Å². The highest BCUT2D eigenvalue weighted by atomic mass is 35.5. The van der Waals surface area contributed by atoms with Gasteiger partial charge >= 0.3 is 12.1 Å². The minimum Gasteiger partial charge on any atom is -0.465 e. The van der Waals surface area contributed by atoms with Crippen LogP contribution < -0.4 is 19.9 Å². The molecule has 2 aromatic carbocycles. The molecular formula is C29H34ClN7O4. The number of nitrogens with zero attached hydrogens (tertiary/aromatic N) is 6. The molecule has 2 unspecified atom stereocenters. The lowest BCUT2D eigenvalue weighted by atomic mass is 10.0. The summed E-state index contributed by atoms with van der Waals surface area (Å²) in [4.78, 5) is 27.3. The second-order valence-electron chi connectivity index (χ2n) is 10.4. The summed E-state index contributed by atoms with van der Waals surface area (Å²) in [5, 5.41) is 24.7. The second kappa shape index (κ2) is 12.8. The number of nitriles is 1. The zero-order valence-electron chi connectivity index (χ0n) is 22.7. The topological polar surface area (TPSA) is 127 Å². The summed E-state index contributed by atoms with van der Waals surface area (Å²) >= 11 is 0. The molecule has 3 aliphatic rings. The van der Waals surface area contributed by atoms with Crippen molar-refractivity contribution in [3.05, 3.63) is 53.7 Å². The van der Waals surface area contributed by atoms with Gasteiger partial charge in [-0.25, -0.2) is 4.79 Å². The second-order valence-corrected chi connectivity index (χ2v) is 10.4. The van der Waals surface area contributed by atoms with Crippen LogP contribution in [0.5, 0.6) is 6.01 Å². The number of hydrogen-bond acceptors (Lipinski definition) is 9. The molecular weight excluding hydrogens is 546 g/mol. The van der Waals surface area contributed by atoms with E-state index in [1.807, 2.05) is 0 Å². The Kier molecular flexibility index (Phi) is 8.93. The largest absolute Gasteiger partial charge is 0.465 e. The Morgan fingerprint density at radius 2 is 2.00 bits per heavy atom. The third-order valence-corrected chi connectivity index (χ3v) is 7.89. The van der Waals surface area contributed by atoms with Crippen LogP contribution in [0.15, 0.2) is 42.5 Å². The number of ether oxygens (including phenoxy) is 2. The van der Waals surface area contributed by atoms with Crippen LogP contribution in [0, 0.1) is 11.3 Å². The fourth-order valence-electron chi connectivity index (χ4n) is 5.88. The average molecular weight is 580 g/mol. The van der Waals surface area contributed by atoms with E-state index in [4.69, 9.17) is 19.4 Å². The van der Waals surface area contributed by atoms with Crippen molar-refractivity contribution in [1.29, 1.82) is 5.26 Å². The van der Waals surface area contributed by atoms with Gasteiger partial charge in [-0.1, -0.05) is 36.4 Å². The van der Waals surface area contributed by atoms with Crippen molar-refractivity contribution in [2.45, 2.75) is 31.5 Å². The van der Waals surface area contributed by atoms with Crippen LogP contribution in [0.2, 0.25) is 0 Å². The lowest BCUT2D eigenvalue weighted by Gasteiger charge is -2.41. The first-order valence-corrected chi connectivity index (χ1v) is 13.8. The minimum absolute atomic E-state index is 0. The maximum absolute atomic E-state index is 11.8. The summed E-state index contributed by atoms with van der Waals surface area (Å²) in [7, 11) is 0. The van der Waals surface area contributed by atoms with E-state index in [-0.39, 0.29) is 24.9 Å². The van der Waals surface area contributed by atoms with Crippen LogP contribution in [0.1, 0.15) is 17.7 Å². The molecule has 11 nitrogen and oxygen atoms in total. The van der Waals surface area contributed by atoms with E-state index in [0.717, 1.165) is 42.3 Å². The highest BCUT2D eigenvalue weighted by Gasteiger charge is 2.34. The summed E-state index contributed by atoms with van der Waals surface area (Å²) in [6.45, 7) is 5.10. The van der Waals surface area contributed by atoms with Crippen LogP contribution in [0.25, 0.3) is 10.8 Å². The maximum Gasteiger partial charge on any atom is 0.407 e. The van der Waals surface area contributed by atoms with Gasteiger partial charge in [0.05, 0.1) is 37.4 Å². The van der Waals surface area contributed by atoms with Gasteiger partial charge < -0.3 is 34.6 Å². The average Bonchev–Trinajstić information content (AvgIpc) is 2.99. The van der Waals surface area contributed by atoms with E-state index in [1.54, 1.807) is 0 Å². The van der Waals surface area contributed by atoms with E-state index in [9.17, 15) is 15.2 Å². The first-order chi connectivity index (χ1) is 19.6. The van der Waals surface area contributed by atoms with Gasteiger partial charge in [0.15, 0.2) is 0 Å².